The minimum Gasteiger partial charge on any atom is -0.346 e. The van der Waals surface area contributed by atoms with Crippen molar-refractivity contribution in [1.82, 2.24) is 5.32 Å². The molecule has 19 heavy (non-hydrogen) atoms. The Bertz CT molecular complexity index is 613. The van der Waals surface area contributed by atoms with Gasteiger partial charge in [0.1, 0.15) is 5.82 Å². The molecule has 98 valence electrons. The van der Waals surface area contributed by atoms with Crippen molar-refractivity contribution >= 4 is 11.5 Å². The van der Waals surface area contributed by atoms with Crippen molar-refractivity contribution in [1.29, 1.82) is 0 Å². The van der Waals surface area contributed by atoms with Gasteiger partial charge in [0.2, 0.25) is 0 Å². The first-order valence-electron chi connectivity index (χ1n) is 6.10. The monoisotopic (exact) mass is 258 g/mol. The van der Waals surface area contributed by atoms with Crippen LogP contribution in [0.3, 0.4) is 0 Å². The fourth-order valence-corrected chi connectivity index (χ4v) is 1.99. The van der Waals surface area contributed by atoms with Gasteiger partial charge in [-0.3, -0.25) is 9.64 Å². The van der Waals surface area contributed by atoms with Crippen LogP contribution in [0, 0.1) is 19.3 Å². The summed E-state index contributed by atoms with van der Waals surface area (Å²) >= 11 is 0. The highest BCUT2D eigenvalue weighted by atomic mass is 19.1. The Hall–Kier alpha value is -2.15. The standard InChI is InChI=1S/C15H15FN2O/c1-9(2)18-14(19)15(17-4)8-12(15)11-5-6-13(16)10(3)7-11/h5-9H,1-3H3,(H,18,19)/t15-/m0/s1. The Balaban J connectivity index is 2.25. The molecule has 1 aromatic carbocycles. The van der Waals surface area contributed by atoms with Crippen molar-refractivity contribution < 1.29 is 9.18 Å². The summed E-state index contributed by atoms with van der Waals surface area (Å²) in [5, 5.41) is 2.74. The summed E-state index contributed by atoms with van der Waals surface area (Å²) in [6.45, 7) is 12.6. The number of aryl methyl sites for hydroxylation is 1. The molecule has 1 atom stereocenters. The van der Waals surface area contributed by atoms with Crippen molar-refractivity contribution in [2.75, 3.05) is 0 Å². The van der Waals surface area contributed by atoms with Crippen molar-refractivity contribution in [3.63, 3.8) is 0 Å². The molecule has 1 aromatic rings. The minimum atomic E-state index is -1.20. The number of carbonyl (C=O) groups excluding carboxylic acids is 1. The molecule has 0 bridgehead atoms. The summed E-state index contributed by atoms with van der Waals surface area (Å²) in [4.78, 5) is 15.5. The number of nitrogens with zero attached hydrogens (tertiary/aromatic N) is 1. The summed E-state index contributed by atoms with van der Waals surface area (Å²) in [7, 11) is 0. The first-order chi connectivity index (χ1) is 8.90. The second kappa shape index (κ2) is 4.51. The van der Waals surface area contributed by atoms with Gasteiger partial charge in [-0.1, -0.05) is 6.07 Å². The molecular formula is C15H15FN2O. The van der Waals surface area contributed by atoms with E-state index in [-0.39, 0.29) is 17.8 Å². The van der Waals surface area contributed by atoms with Crippen molar-refractivity contribution in [3.8, 4) is 0 Å². The van der Waals surface area contributed by atoms with Crippen LogP contribution in [0.4, 0.5) is 4.39 Å². The lowest BCUT2D eigenvalue weighted by molar-refractivity contribution is -0.122. The molecule has 0 saturated carbocycles. The van der Waals surface area contributed by atoms with Crippen LogP contribution in [0.15, 0.2) is 24.3 Å². The molecule has 1 aliphatic carbocycles. The van der Waals surface area contributed by atoms with Crippen LogP contribution in [0.2, 0.25) is 0 Å². The average Bonchev–Trinajstić information content (AvgIpc) is 3.08. The van der Waals surface area contributed by atoms with E-state index in [0.717, 1.165) is 5.56 Å². The van der Waals surface area contributed by atoms with Gasteiger partial charge in [0.05, 0.1) is 5.57 Å². The minimum absolute atomic E-state index is 0.0173. The van der Waals surface area contributed by atoms with Gasteiger partial charge in [-0.2, -0.15) is 0 Å². The topological polar surface area (TPSA) is 33.5 Å². The second-order valence-corrected chi connectivity index (χ2v) is 5.03. The molecule has 0 radical (unpaired) electrons. The molecule has 0 spiro atoms. The van der Waals surface area contributed by atoms with Crippen LogP contribution < -0.4 is 5.32 Å². The molecule has 1 amide bonds. The number of halogens is 1. The van der Waals surface area contributed by atoms with Crippen LogP contribution in [0.25, 0.3) is 10.4 Å². The maximum atomic E-state index is 13.2. The van der Waals surface area contributed by atoms with Gasteiger partial charge in [-0.05, 0) is 44.0 Å². The smallest absolute Gasteiger partial charge is 0.346 e. The van der Waals surface area contributed by atoms with E-state index in [4.69, 9.17) is 6.57 Å². The van der Waals surface area contributed by atoms with E-state index < -0.39 is 5.54 Å². The number of benzene rings is 1. The summed E-state index contributed by atoms with van der Waals surface area (Å²) in [5.41, 5.74) is 0.695. The van der Waals surface area contributed by atoms with Crippen LogP contribution in [0.5, 0.6) is 0 Å². The van der Waals surface area contributed by atoms with Gasteiger partial charge >= 0.3 is 11.4 Å². The molecule has 0 fully saturated rings. The first-order valence-corrected chi connectivity index (χ1v) is 6.10. The zero-order chi connectivity index (χ0) is 14.2. The lowest BCUT2D eigenvalue weighted by Gasteiger charge is -2.11. The molecule has 0 saturated heterocycles. The molecule has 4 heteroatoms. The molecule has 0 aliphatic heterocycles. The quantitative estimate of drug-likeness (QED) is 0.831. The first kappa shape index (κ1) is 13.3. The summed E-state index contributed by atoms with van der Waals surface area (Å²) in [6, 6.07) is 4.61. The van der Waals surface area contributed by atoms with Crippen molar-refractivity contribution in [2.24, 2.45) is 0 Å². The van der Waals surface area contributed by atoms with Crippen LogP contribution in [-0.2, 0) is 4.79 Å². The van der Waals surface area contributed by atoms with E-state index >= 15 is 0 Å². The highest BCUT2D eigenvalue weighted by Crippen LogP contribution is 2.46. The number of carbonyl (C=O) groups is 1. The molecule has 0 unspecified atom stereocenters. The van der Waals surface area contributed by atoms with Crippen molar-refractivity contribution in [3.05, 3.63) is 52.6 Å². The largest absolute Gasteiger partial charge is 0.353 e. The maximum Gasteiger partial charge on any atom is 0.353 e. The van der Waals surface area contributed by atoms with Crippen LogP contribution in [-0.4, -0.2) is 17.5 Å². The highest BCUT2D eigenvalue weighted by Gasteiger charge is 2.59. The Labute approximate surface area is 111 Å². The van der Waals surface area contributed by atoms with Gasteiger partial charge in [0, 0.05) is 12.1 Å². The third-order valence-corrected chi connectivity index (χ3v) is 3.09. The molecule has 1 N–H and O–H groups in total. The average molecular weight is 258 g/mol. The van der Waals surface area contributed by atoms with E-state index in [2.05, 4.69) is 10.2 Å². The third-order valence-electron chi connectivity index (χ3n) is 3.09. The van der Waals surface area contributed by atoms with E-state index in [9.17, 15) is 9.18 Å². The molecule has 0 heterocycles. The van der Waals surface area contributed by atoms with Crippen LogP contribution >= 0.6 is 0 Å². The van der Waals surface area contributed by atoms with E-state index in [0.29, 0.717) is 11.1 Å². The predicted octanol–water partition coefficient (Wildman–Crippen LogP) is 2.71. The normalized spacial score (nSPS) is 20.7. The number of nitrogens with one attached hydrogen (secondary N) is 1. The summed E-state index contributed by atoms with van der Waals surface area (Å²) < 4.78 is 13.2. The Kier molecular flexibility index (Phi) is 3.15. The number of hydrogen-bond donors (Lipinski definition) is 1. The number of amides is 1. The fourth-order valence-electron chi connectivity index (χ4n) is 1.99. The Morgan fingerprint density at radius 2 is 2.16 bits per heavy atom. The zero-order valence-corrected chi connectivity index (χ0v) is 11.1. The zero-order valence-electron chi connectivity index (χ0n) is 11.1. The second-order valence-electron chi connectivity index (χ2n) is 5.03. The van der Waals surface area contributed by atoms with Gasteiger partial charge in [0.15, 0.2) is 0 Å². The summed E-state index contributed by atoms with van der Waals surface area (Å²) in [5.74, 6) is -0.598. The number of rotatable bonds is 3. The molecule has 1 aliphatic rings. The lowest BCUT2D eigenvalue weighted by atomic mass is 10.0. The third kappa shape index (κ3) is 2.24. The lowest BCUT2D eigenvalue weighted by Crippen LogP contribution is -2.40. The molecule has 2 rings (SSSR count). The van der Waals surface area contributed by atoms with Crippen molar-refractivity contribution in [2.45, 2.75) is 32.4 Å². The van der Waals surface area contributed by atoms with Gasteiger partial charge in [0.25, 0.3) is 0 Å². The molecule has 0 aromatic heterocycles. The van der Waals surface area contributed by atoms with Crippen LogP contribution in [0.1, 0.15) is 25.0 Å². The molecule has 3 nitrogen and oxygen atoms in total. The Morgan fingerprint density at radius 3 is 2.68 bits per heavy atom. The van der Waals surface area contributed by atoms with E-state index in [1.165, 1.54) is 6.07 Å². The fraction of sp³-hybridized carbons (Fsp3) is 0.333. The van der Waals surface area contributed by atoms with Gasteiger partial charge in [-0.15, -0.1) is 0 Å². The SMILES string of the molecule is [C-]#[N+][C@@]1(C(=O)NC(C)C)C=C1c1ccc(F)c(C)c1. The summed E-state index contributed by atoms with van der Waals surface area (Å²) in [6.07, 6.45) is 1.63. The maximum absolute atomic E-state index is 13.2. The predicted molar refractivity (Wildman–Crippen MR) is 71.7 cm³/mol. The Morgan fingerprint density at radius 1 is 1.47 bits per heavy atom. The van der Waals surface area contributed by atoms with Gasteiger partial charge < -0.3 is 5.32 Å². The van der Waals surface area contributed by atoms with Gasteiger partial charge in [-0.25, -0.2) is 11.0 Å². The van der Waals surface area contributed by atoms with E-state index in [1.54, 1.807) is 25.1 Å². The van der Waals surface area contributed by atoms with E-state index in [1.807, 2.05) is 13.8 Å². The molecular weight excluding hydrogens is 243 g/mol. The number of hydrogen-bond acceptors (Lipinski definition) is 1. The highest BCUT2D eigenvalue weighted by molar-refractivity contribution is 6.15.